The lowest BCUT2D eigenvalue weighted by Crippen LogP contribution is -2.35. The third kappa shape index (κ3) is 5.11. The third-order valence-electron chi connectivity index (χ3n) is 2.91. The van der Waals surface area contributed by atoms with Crippen LogP contribution >= 0.6 is 0 Å². The second-order valence-corrected chi connectivity index (χ2v) is 4.66. The van der Waals surface area contributed by atoms with Crippen LogP contribution in [0.1, 0.15) is 37.9 Å². The number of aliphatic carboxylic acids is 1. The molecular formula is C13H21N3O3. The molecule has 1 aromatic rings. The molecule has 0 aliphatic rings. The van der Waals surface area contributed by atoms with E-state index in [0.717, 1.165) is 17.7 Å². The highest BCUT2D eigenvalue weighted by atomic mass is 16.4. The Morgan fingerprint density at radius 1 is 1.53 bits per heavy atom. The molecular weight excluding hydrogens is 246 g/mol. The van der Waals surface area contributed by atoms with E-state index in [9.17, 15) is 9.59 Å². The molecule has 1 amide bonds. The molecule has 1 unspecified atom stereocenters. The quantitative estimate of drug-likeness (QED) is 0.768. The third-order valence-corrected chi connectivity index (χ3v) is 2.91. The molecule has 0 aliphatic carbocycles. The first-order valence-corrected chi connectivity index (χ1v) is 6.42. The van der Waals surface area contributed by atoms with Gasteiger partial charge in [0.25, 0.3) is 0 Å². The number of rotatable bonds is 7. The van der Waals surface area contributed by atoms with Crippen LogP contribution in [0.25, 0.3) is 0 Å². The van der Waals surface area contributed by atoms with Gasteiger partial charge in [0.2, 0.25) is 5.91 Å². The van der Waals surface area contributed by atoms with E-state index in [1.807, 2.05) is 20.2 Å². The number of carbonyl (C=O) groups excluding carboxylic acids is 1. The van der Waals surface area contributed by atoms with Gasteiger partial charge in [-0.25, -0.2) is 0 Å². The average molecular weight is 267 g/mol. The first-order chi connectivity index (χ1) is 8.92. The van der Waals surface area contributed by atoms with Crippen molar-refractivity contribution >= 4 is 11.9 Å². The summed E-state index contributed by atoms with van der Waals surface area (Å²) in [4.78, 5) is 21.8. The van der Waals surface area contributed by atoms with Gasteiger partial charge in [0, 0.05) is 32.6 Å². The molecule has 1 aromatic heterocycles. The highest BCUT2D eigenvalue weighted by Crippen LogP contribution is 2.12. The van der Waals surface area contributed by atoms with Gasteiger partial charge in [-0.2, -0.15) is 5.10 Å². The number of carboxylic acids is 1. The minimum Gasteiger partial charge on any atom is -0.481 e. The number of nitrogens with zero attached hydrogens (tertiary/aromatic N) is 2. The SMILES string of the molecule is CCc1nn(C)cc1CC(CCC(=O)O)NC(C)=O. The maximum Gasteiger partial charge on any atom is 0.303 e. The van der Waals surface area contributed by atoms with Gasteiger partial charge in [0.05, 0.1) is 5.69 Å². The van der Waals surface area contributed by atoms with E-state index in [0.29, 0.717) is 12.8 Å². The molecule has 1 rings (SSSR count). The molecule has 0 radical (unpaired) electrons. The van der Waals surface area contributed by atoms with E-state index in [2.05, 4.69) is 10.4 Å². The van der Waals surface area contributed by atoms with Crippen molar-refractivity contribution in [3.8, 4) is 0 Å². The first kappa shape index (κ1) is 15.2. The van der Waals surface area contributed by atoms with Gasteiger partial charge < -0.3 is 10.4 Å². The molecule has 6 heteroatoms. The topological polar surface area (TPSA) is 84.2 Å². The van der Waals surface area contributed by atoms with Crippen molar-refractivity contribution in [1.82, 2.24) is 15.1 Å². The number of hydrogen-bond donors (Lipinski definition) is 2. The van der Waals surface area contributed by atoms with Crippen molar-refractivity contribution in [2.45, 2.75) is 45.6 Å². The van der Waals surface area contributed by atoms with E-state index in [1.54, 1.807) is 4.68 Å². The van der Waals surface area contributed by atoms with Crippen molar-refractivity contribution in [2.75, 3.05) is 0 Å². The normalized spacial score (nSPS) is 12.2. The van der Waals surface area contributed by atoms with Crippen molar-refractivity contribution in [3.63, 3.8) is 0 Å². The van der Waals surface area contributed by atoms with Crippen LogP contribution in [-0.2, 0) is 29.5 Å². The Hall–Kier alpha value is -1.85. The number of carboxylic acid groups (broad SMARTS) is 1. The molecule has 0 bridgehead atoms. The summed E-state index contributed by atoms with van der Waals surface area (Å²) in [7, 11) is 1.85. The maximum atomic E-state index is 11.2. The first-order valence-electron chi connectivity index (χ1n) is 6.42. The van der Waals surface area contributed by atoms with Gasteiger partial charge in [0.15, 0.2) is 0 Å². The number of nitrogens with one attached hydrogen (secondary N) is 1. The summed E-state index contributed by atoms with van der Waals surface area (Å²) in [5, 5.41) is 15.9. The van der Waals surface area contributed by atoms with E-state index in [1.165, 1.54) is 6.92 Å². The van der Waals surface area contributed by atoms with Gasteiger partial charge in [-0.15, -0.1) is 0 Å². The number of amides is 1. The maximum absolute atomic E-state index is 11.2. The van der Waals surface area contributed by atoms with Crippen molar-refractivity contribution in [1.29, 1.82) is 0 Å². The second kappa shape index (κ2) is 6.92. The summed E-state index contributed by atoms with van der Waals surface area (Å²) in [6.07, 6.45) is 3.83. The fourth-order valence-corrected chi connectivity index (χ4v) is 2.13. The molecule has 0 fully saturated rings. The van der Waals surface area contributed by atoms with E-state index in [4.69, 9.17) is 5.11 Å². The van der Waals surface area contributed by atoms with Gasteiger partial charge >= 0.3 is 5.97 Å². The highest BCUT2D eigenvalue weighted by Gasteiger charge is 2.16. The van der Waals surface area contributed by atoms with E-state index < -0.39 is 5.97 Å². The molecule has 0 spiro atoms. The Morgan fingerprint density at radius 2 is 2.21 bits per heavy atom. The zero-order valence-electron chi connectivity index (χ0n) is 11.6. The van der Waals surface area contributed by atoms with Gasteiger partial charge in [-0.3, -0.25) is 14.3 Å². The Kier molecular flexibility index (Phi) is 5.54. The highest BCUT2D eigenvalue weighted by molar-refractivity contribution is 5.73. The Labute approximate surface area is 112 Å². The molecule has 0 saturated heterocycles. The monoisotopic (exact) mass is 267 g/mol. The lowest BCUT2D eigenvalue weighted by Gasteiger charge is -2.16. The largest absolute Gasteiger partial charge is 0.481 e. The predicted molar refractivity (Wildman–Crippen MR) is 70.8 cm³/mol. The van der Waals surface area contributed by atoms with Crippen LogP contribution in [0.2, 0.25) is 0 Å². The fraction of sp³-hybridized carbons (Fsp3) is 0.615. The lowest BCUT2D eigenvalue weighted by molar-refractivity contribution is -0.137. The zero-order chi connectivity index (χ0) is 14.4. The van der Waals surface area contributed by atoms with Crippen LogP contribution in [0.15, 0.2) is 6.20 Å². The standard InChI is InChI=1S/C13H21N3O3/c1-4-12-10(8-16(3)15-12)7-11(14-9(2)17)5-6-13(18)19/h8,11H,4-7H2,1-3H3,(H,14,17)(H,18,19). The van der Waals surface area contributed by atoms with Crippen LogP contribution in [0.5, 0.6) is 0 Å². The second-order valence-electron chi connectivity index (χ2n) is 4.66. The summed E-state index contributed by atoms with van der Waals surface area (Å²) in [5.74, 6) is -0.991. The Morgan fingerprint density at radius 3 is 2.74 bits per heavy atom. The number of aromatic nitrogens is 2. The minimum atomic E-state index is -0.850. The Balaban J connectivity index is 2.74. The van der Waals surface area contributed by atoms with Crippen LogP contribution in [0.4, 0.5) is 0 Å². The summed E-state index contributed by atoms with van der Waals surface area (Å²) >= 11 is 0. The summed E-state index contributed by atoms with van der Waals surface area (Å²) in [5.41, 5.74) is 2.06. The molecule has 106 valence electrons. The van der Waals surface area contributed by atoms with Crippen LogP contribution in [-0.4, -0.2) is 32.8 Å². The summed E-state index contributed by atoms with van der Waals surface area (Å²) in [6.45, 7) is 3.47. The molecule has 1 heterocycles. The van der Waals surface area contributed by atoms with Crippen LogP contribution < -0.4 is 5.32 Å². The van der Waals surface area contributed by atoms with Gasteiger partial charge in [0.1, 0.15) is 0 Å². The molecule has 19 heavy (non-hydrogen) atoms. The molecule has 1 atom stereocenters. The zero-order valence-corrected chi connectivity index (χ0v) is 11.6. The molecule has 6 nitrogen and oxygen atoms in total. The van der Waals surface area contributed by atoms with Crippen LogP contribution in [0.3, 0.4) is 0 Å². The molecule has 0 saturated carbocycles. The van der Waals surface area contributed by atoms with Crippen LogP contribution in [0, 0.1) is 0 Å². The van der Waals surface area contributed by atoms with E-state index in [-0.39, 0.29) is 18.4 Å². The van der Waals surface area contributed by atoms with Gasteiger partial charge in [-0.1, -0.05) is 6.92 Å². The lowest BCUT2D eigenvalue weighted by atomic mass is 10.0. The van der Waals surface area contributed by atoms with Crippen molar-refractivity contribution < 1.29 is 14.7 Å². The Bertz CT molecular complexity index is 454. The fourth-order valence-electron chi connectivity index (χ4n) is 2.13. The molecule has 2 N–H and O–H groups in total. The average Bonchev–Trinajstić information content (AvgIpc) is 2.65. The predicted octanol–water partition coefficient (Wildman–Crippen LogP) is 0.895. The van der Waals surface area contributed by atoms with E-state index >= 15 is 0 Å². The number of hydrogen-bond acceptors (Lipinski definition) is 3. The minimum absolute atomic E-state index is 0.0483. The smallest absolute Gasteiger partial charge is 0.303 e. The molecule has 0 aliphatic heterocycles. The molecule has 0 aromatic carbocycles. The summed E-state index contributed by atoms with van der Waals surface area (Å²) in [6, 6.07) is -0.164. The number of aryl methyl sites for hydroxylation is 2. The van der Waals surface area contributed by atoms with Crippen molar-refractivity contribution in [3.05, 3.63) is 17.5 Å². The summed E-state index contributed by atoms with van der Waals surface area (Å²) < 4.78 is 1.75. The number of carbonyl (C=O) groups is 2. The van der Waals surface area contributed by atoms with Gasteiger partial charge in [-0.05, 0) is 24.8 Å². The van der Waals surface area contributed by atoms with Crippen molar-refractivity contribution in [2.24, 2.45) is 7.05 Å².